The molecule has 1 amide bonds. The summed E-state index contributed by atoms with van der Waals surface area (Å²) in [4.78, 5) is 12.1. The van der Waals surface area contributed by atoms with Crippen molar-refractivity contribution in [1.29, 1.82) is 0 Å². The van der Waals surface area contributed by atoms with Crippen LogP contribution >= 0.6 is 0 Å². The summed E-state index contributed by atoms with van der Waals surface area (Å²) in [5.41, 5.74) is 0.805. The number of benzene rings is 2. The van der Waals surface area contributed by atoms with Crippen LogP contribution in [0.5, 0.6) is 0 Å². The second kappa shape index (κ2) is 7.13. The minimum atomic E-state index is 0.0373. The summed E-state index contributed by atoms with van der Waals surface area (Å²) in [6, 6.07) is 18.2. The fourth-order valence-electron chi connectivity index (χ4n) is 1.69. The molecule has 0 aromatic heterocycles. The second-order valence-corrected chi connectivity index (χ2v) is 6.51. The van der Waals surface area contributed by atoms with Crippen molar-refractivity contribution in [1.82, 2.24) is 5.32 Å². The molecule has 0 saturated heterocycles. The third-order valence-corrected chi connectivity index (χ3v) is 4.91. The summed E-state index contributed by atoms with van der Waals surface area (Å²) in [5.74, 6) is 0.0373. The SMILES string of the molecule is CCCNC(=O)c1ccccc1[Se]c1ccccc1. The summed E-state index contributed by atoms with van der Waals surface area (Å²) in [6.07, 6.45) is 0.956. The maximum atomic E-state index is 12.1. The molecule has 0 fully saturated rings. The summed E-state index contributed by atoms with van der Waals surface area (Å²) in [6.45, 7) is 2.78. The van der Waals surface area contributed by atoms with Crippen molar-refractivity contribution in [2.24, 2.45) is 0 Å². The van der Waals surface area contributed by atoms with E-state index < -0.39 is 0 Å². The minimum absolute atomic E-state index is 0.0373. The van der Waals surface area contributed by atoms with Gasteiger partial charge >= 0.3 is 120 Å². The number of hydrogen-bond donors (Lipinski definition) is 1. The van der Waals surface area contributed by atoms with Crippen molar-refractivity contribution in [3.05, 3.63) is 60.2 Å². The van der Waals surface area contributed by atoms with E-state index in [2.05, 4.69) is 24.4 Å². The first-order chi connectivity index (χ1) is 9.31. The van der Waals surface area contributed by atoms with Crippen molar-refractivity contribution in [2.45, 2.75) is 13.3 Å². The van der Waals surface area contributed by atoms with Crippen LogP contribution in [0.3, 0.4) is 0 Å². The van der Waals surface area contributed by atoms with E-state index in [1.807, 2.05) is 42.5 Å². The summed E-state index contributed by atoms with van der Waals surface area (Å²) in [5, 5.41) is 2.95. The Bertz CT molecular complexity index is 539. The molecule has 19 heavy (non-hydrogen) atoms. The fraction of sp³-hybridized carbons (Fsp3) is 0.188. The molecule has 0 bridgehead atoms. The molecule has 0 aliphatic heterocycles. The molecule has 0 aliphatic rings. The van der Waals surface area contributed by atoms with Gasteiger partial charge in [-0.3, -0.25) is 0 Å². The molecule has 0 aliphatic carbocycles. The molecule has 3 heteroatoms. The predicted molar refractivity (Wildman–Crippen MR) is 80.5 cm³/mol. The predicted octanol–water partition coefficient (Wildman–Crippen LogP) is 1.48. The molecule has 0 unspecified atom stereocenters. The average molecular weight is 318 g/mol. The van der Waals surface area contributed by atoms with Crippen LogP contribution in [0.1, 0.15) is 23.7 Å². The third kappa shape index (κ3) is 3.95. The van der Waals surface area contributed by atoms with Gasteiger partial charge in [-0.05, 0) is 0 Å². The molecule has 2 aromatic rings. The molecule has 2 nitrogen and oxygen atoms in total. The number of nitrogens with one attached hydrogen (secondary N) is 1. The van der Waals surface area contributed by atoms with Crippen LogP contribution in [0.4, 0.5) is 0 Å². The number of carbonyl (C=O) groups is 1. The van der Waals surface area contributed by atoms with Crippen molar-refractivity contribution in [3.8, 4) is 0 Å². The fourth-order valence-corrected chi connectivity index (χ4v) is 3.72. The Morgan fingerprint density at radius 3 is 2.47 bits per heavy atom. The van der Waals surface area contributed by atoms with Gasteiger partial charge < -0.3 is 0 Å². The van der Waals surface area contributed by atoms with Gasteiger partial charge in [0.1, 0.15) is 0 Å². The van der Waals surface area contributed by atoms with Gasteiger partial charge in [-0.2, -0.15) is 0 Å². The zero-order valence-electron chi connectivity index (χ0n) is 10.9. The van der Waals surface area contributed by atoms with Crippen LogP contribution in [0.25, 0.3) is 0 Å². The Labute approximate surface area is 120 Å². The van der Waals surface area contributed by atoms with Crippen LogP contribution in [-0.2, 0) is 0 Å². The van der Waals surface area contributed by atoms with E-state index in [1.165, 1.54) is 4.46 Å². The van der Waals surface area contributed by atoms with Crippen LogP contribution in [-0.4, -0.2) is 27.4 Å². The van der Waals surface area contributed by atoms with E-state index in [9.17, 15) is 4.79 Å². The van der Waals surface area contributed by atoms with Gasteiger partial charge in [-0.25, -0.2) is 0 Å². The van der Waals surface area contributed by atoms with E-state index in [0.29, 0.717) is 0 Å². The third-order valence-electron chi connectivity index (χ3n) is 2.64. The first-order valence-corrected chi connectivity index (χ1v) is 8.12. The number of carbonyl (C=O) groups excluding carboxylic acids is 1. The van der Waals surface area contributed by atoms with Crippen LogP contribution in [0, 0.1) is 0 Å². The van der Waals surface area contributed by atoms with E-state index >= 15 is 0 Å². The molecular formula is C16H17NOSe. The van der Waals surface area contributed by atoms with Crippen molar-refractivity contribution >= 4 is 29.8 Å². The van der Waals surface area contributed by atoms with Gasteiger partial charge in [0, 0.05) is 0 Å². The number of rotatable bonds is 5. The van der Waals surface area contributed by atoms with Gasteiger partial charge in [-0.1, -0.05) is 0 Å². The van der Waals surface area contributed by atoms with Crippen molar-refractivity contribution in [2.75, 3.05) is 6.54 Å². The molecule has 2 aromatic carbocycles. The quantitative estimate of drug-likeness (QED) is 0.832. The summed E-state index contributed by atoms with van der Waals surface area (Å²) >= 11 is 0.168. The van der Waals surface area contributed by atoms with Crippen LogP contribution in [0.2, 0.25) is 0 Å². The van der Waals surface area contributed by atoms with Gasteiger partial charge in [0.05, 0.1) is 0 Å². The molecule has 1 N–H and O–H groups in total. The van der Waals surface area contributed by atoms with Crippen LogP contribution < -0.4 is 14.2 Å². The Kier molecular flexibility index (Phi) is 5.19. The number of hydrogen-bond acceptors (Lipinski definition) is 1. The topological polar surface area (TPSA) is 29.1 Å². The Morgan fingerprint density at radius 1 is 1.05 bits per heavy atom. The van der Waals surface area contributed by atoms with Gasteiger partial charge in [0.15, 0.2) is 0 Å². The number of amides is 1. The first kappa shape index (κ1) is 13.9. The molecule has 0 heterocycles. The Hall–Kier alpha value is -1.57. The molecule has 0 spiro atoms. The molecule has 0 saturated carbocycles. The van der Waals surface area contributed by atoms with Crippen molar-refractivity contribution in [3.63, 3.8) is 0 Å². The summed E-state index contributed by atoms with van der Waals surface area (Å²) < 4.78 is 2.42. The van der Waals surface area contributed by atoms with Crippen LogP contribution in [0.15, 0.2) is 54.6 Å². The standard InChI is InChI=1S/C16H17NOSe/c1-2-12-17-16(18)14-10-6-7-11-15(14)19-13-8-4-3-5-9-13/h3-11H,2,12H2,1H3,(H,17,18). The molecular weight excluding hydrogens is 301 g/mol. The zero-order valence-corrected chi connectivity index (χ0v) is 12.6. The van der Waals surface area contributed by atoms with Gasteiger partial charge in [0.2, 0.25) is 0 Å². The average Bonchev–Trinajstić information content (AvgIpc) is 2.46. The van der Waals surface area contributed by atoms with E-state index in [1.54, 1.807) is 0 Å². The van der Waals surface area contributed by atoms with E-state index in [-0.39, 0.29) is 20.9 Å². The zero-order chi connectivity index (χ0) is 13.5. The van der Waals surface area contributed by atoms with Gasteiger partial charge in [0.25, 0.3) is 0 Å². The van der Waals surface area contributed by atoms with E-state index in [0.717, 1.165) is 23.0 Å². The summed E-state index contributed by atoms with van der Waals surface area (Å²) in [7, 11) is 0. The molecule has 2 rings (SSSR count). The molecule has 0 radical (unpaired) electrons. The van der Waals surface area contributed by atoms with E-state index in [4.69, 9.17) is 0 Å². The molecule has 0 atom stereocenters. The monoisotopic (exact) mass is 319 g/mol. The normalized spacial score (nSPS) is 10.2. The van der Waals surface area contributed by atoms with Gasteiger partial charge in [-0.15, -0.1) is 0 Å². The maximum absolute atomic E-state index is 12.1. The molecule has 98 valence electrons. The Morgan fingerprint density at radius 2 is 1.74 bits per heavy atom. The Balaban J connectivity index is 2.19. The first-order valence-electron chi connectivity index (χ1n) is 6.41. The van der Waals surface area contributed by atoms with Crippen molar-refractivity contribution < 1.29 is 4.79 Å². The second-order valence-electron chi connectivity index (χ2n) is 4.17.